The number of aliphatic hydroxyl groups excluding tert-OH is 2. The van der Waals surface area contributed by atoms with Crippen molar-refractivity contribution >= 4 is 0 Å². The highest BCUT2D eigenvalue weighted by Crippen LogP contribution is 2.79. The normalized spacial score (nSPS) is 60.3. The van der Waals surface area contributed by atoms with Crippen molar-refractivity contribution in [2.75, 3.05) is 6.61 Å². The summed E-state index contributed by atoms with van der Waals surface area (Å²) < 4.78 is 7.03. The summed E-state index contributed by atoms with van der Waals surface area (Å²) in [6, 6.07) is 0. The Balaban J connectivity index is 1.50. The van der Waals surface area contributed by atoms with Crippen LogP contribution in [0.2, 0.25) is 0 Å². The molecule has 0 amide bonds. The van der Waals surface area contributed by atoms with Crippen molar-refractivity contribution in [1.29, 1.82) is 0 Å². The van der Waals surface area contributed by atoms with Crippen LogP contribution in [0, 0.1) is 50.2 Å². The average molecular weight is 457 g/mol. The Morgan fingerprint density at radius 3 is 2.24 bits per heavy atom. The summed E-state index contributed by atoms with van der Waals surface area (Å²) in [7, 11) is 0. The van der Waals surface area contributed by atoms with Gasteiger partial charge < -0.3 is 14.9 Å². The van der Waals surface area contributed by atoms with Gasteiger partial charge in [0.15, 0.2) is 0 Å². The average Bonchev–Trinajstić information content (AvgIpc) is 2.99. The molecule has 0 aromatic heterocycles. The summed E-state index contributed by atoms with van der Waals surface area (Å²) >= 11 is 0. The van der Waals surface area contributed by atoms with E-state index in [9.17, 15) is 10.2 Å². The summed E-state index contributed by atoms with van der Waals surface area (Å²) in [4.78, 5) is 0. The SMILES string of the molecule is CC1(C)CC[C@]23CO[C@@]4(C=C[C@@H]5[C@@]6(C)CC[C@H](O)C(C)(C)[C@@H]6CC[C@@]5(C)[C@]4(C)CC2O)[C@@H]3C1. The van der Waals surface area contributed by atoms with Gasteiger partial charge in [-0.3, -0.25) is 0 Å². The zero-order valence-corrected chi connectivity index (χ0v) is 22.2. The second kappa shape index (κ2) is 6.30. The van der Waals surface area contributed by atoms with Crippen LogP contribution < -0.4 is 0 Å². The van der Waals surface area contributed by atoms with E-state index in [1.807, 2.05) is 0 Å². The third-order valence-electron chi connectivity index (χ3n) is 13.6. The molecule has 0 radical (unpaired) electrons. The van der Waals surface area contributed by atoms with E-state index in [0.717, 1.165) is 45.1 Å². The fourth-order valence-electron chi connectivity index (χ4n) is 11.3. The first-order valence-electron chi connectivity index (χ1n) is 13.9. The van der Waals surface area contributed by atoms with Gasteiger partial charge in [-0.15, -0.1) is 0 Å². The molecule has 5 aliphatic carbocycles. The number of allylic oxidation sites excluding steroid dienone is 1. The smallest absolute Gasteiger partial charge is 0.0957 e. The Kier molecular flexibility index (Phi) is 4.40. The van der Waals surface area contributed by atoms with Gasteiger partial charge in [-0.05, 0) is 84.9 Å². The minimum atomic E-state index is -0.265. The quantitative estimate of drug-likeness (QED) is 0.431. The standard InChI is InChI=1S/C30H48O3/c1-24(2)14-15-29-18-33-30(21(29)16-24)13-9-20-26(5)11-10-22(31)25(3,4)19(26)8-12-27(20,6)28(30,7)17-23(29)32/h9,13,19-23,31-32H,8,10-12,14-18H2,1-7H3/t19-,20+,21+,22-,23?,26-,27+,28-,29+,30-/m0/s1. The second-order valence-corrected chi connectivity index (χ2v) is 15.5. The fourth-order valence-corrected chi connectivity index (χ4v) is 11.3. The summed E-state index contributed by atoms with van der Waals surface area (Å²) in [5.74, 6) is 1.40. The summed E-state index contributed by atoms with van der Waals surface area (Å²) in [5.41, 5.74) is 0.154. The van der Waals surface area contributed by atoms with Crippen molar-refractivity contribution in [2.45, 2.75) is 118 Å². The number of hydrogen-bond acceptors (Lipinski definition) is 3. The highest BCUT2D eigenvalue weighted by atomic mass is 16.5. The van der Waals surface area contributed by atoms with Crippen LogP contribution in [-0.4, -0.2) is 34.6 Å². The summed E-state index contributed by atoms with van der Waals surface area (Å²) in [5, 5.41) is 22.7. The van der Waals surface area contributed by atoms with Crippen LogP contribution in [0.1, 0.15) is 99.8 Å². The van der Waals surface area contributed by atoms with Crippen LogP contribution in [0.3, 0.4) is 0 Å². The van der Waals surface area contributed by atoms with E-state index < -0.39 is 0 Å². The molecule has 5 fully saturated rings. The maximum atomic E-state index is 11.8. The predicted octanol–water partition coefficient (Wildman–Crippen LogP) is 6.13. The minimum absolute atomic E-state index is 0.0449. The third kappa shape index (κ3) is 2.40. The zero-order valence-electron chi connectivity index (χ0n) is 22.2. The molecule has 0 aromatic carbocycles. The molecule has 1 aliphatic heterocycles. The van der Waals surface area contributed by atoms with Gasteiger partial charge in [0.25, 0.3) is 0 Å². The maximum Gasteiger partial charge on any atom is 0.0957 e. The van der Waals surface area contributed by atoms with Gasteiger partial charge in [-0.1, -0.05) is 60.6 Å². The van der Waals surface area contributed by atoms with E-state index in [-0.39, 0.29) is 44.9 Å². The van der Waals surface area contributed by atoms with Gasteiger partial charge in [0.05, 0.1) is 24.4 Å². The molecular formula is C30H48O3. The molecule has 1 saturated heterocycles. The molecule has 4 saturated carbocycles. The number of ether oxygens (including phenoxy) is 1. The van der Waals surface area contributed by atoms with Crippen LogP contribution in [0.15, 0.2) is 12.2 Å². The van der Waals surface area contributed by atoms with Crippen molar-refractivity contribution in [3.05, 3.63) is 12.2 Å². The highest BCUT2D eigenvalue weighted by molar-refractivity contribution is 5.35. The Morgan fingerprint density at radius 1 is 0.788 bits per heavy atom. The largest absolute Gasteiger partial charge is 0.393 e. The molecule has 2 N–H and O–H groups in total. The van der Waals surface area contributed by atoms with Crippen LogP contribution in [0.5, 0.6) is 0 Å². The van der Waals surface area contributed by atoms with Crippen LogP contribution in [0.4, 0.5) is 0 Å². The Labute approximate surface area is 201 Å². The van der Waals surface area contributed by atoms with Crippen molar-refractivity contribution in [1.82, 2.24) is 0 Å². The fraction of sp³-hybridized carbons (Fsp3) is 0.933. The van der Waals surface area contributed by atoms with E-state index in [1.54, 1.807) is 0 Å². The molecule has 6 rings (SSSR count). The first kappa shape index (κ1) is 23.0. The number of hydrogen-bond donors (Lipinski definition) is 2. The summed E-state index contributed by atoms with van der Waals surface area (Å²) in [6.07, 6.45) is 13.3. The molecule has 1 spiro atoms. The van der Waals surface area contributed by atoms with E-state index in [0.29, 0.717) is 23.2 Å². The van der Waals surface area contributed by atoms with E-state index in [1.165, 1.54) is 12.8 Å². The Bertz CT molecular complexity index is 891. The molecule has 33 heavy (non-hydrogen) atoms. The zero-order chi connectivity index (χ0) is 23.9. The predicted molar refractivity (Wildman–Crippen MR) is 132 cm³/mol. The molecule has 186 valence electrons. The lowest BCUT2D eigenvalue weighted by atomic mass is 9.32. The molecular weight excluding hydrogens is 408 g/mol. The molecule has 10 atom stereocenters. The number of fused-ring (bicyclic) bond motifs is 4. The number of aliphatic hydroxyl groups is 2. The highest BCUT2D eigenvalue weighted by Gasteiger charge is 2.78. The van der Waals surface area contributed by atoms with Gasteiger partial charge in [-0.25, -0.2) is 0 Å². The van der Waals surface area contributed by atoms with Crippen molar-refractivity contribution in [2.24, 2.45) is 50.2 Å². The molecule has 2 bridgehead atoms. The van der Waals surface area contributed by atoms with Gasteiger partial charge in [0.2, 0.25) is 0 Å². The lowest BCUT2D eigenvalue weighted by Crippen LogP contribution is -2.72. The van der Waals surface area contributed by atoms with E-state index >= 15 is 0 Å². The minimum Gasteiger partial charge on any atom is -0.393 e. The Morgan fingerprint density at radius 2 is 1.52 bits per heavy atom. The van der Waals surface area contributed by atoms with Crippen molar-refractivity contribution in [3.8, 4) is 0 Å². The number of rotatable bonds is 0. The van der Waals surface area contributed by atoms with Crippen LogP contribution >= 0.6 is 0 Å². The lowest BCUT2D eigenvalue weighted by molar-refractivity contribution is -0.256. The maximum absolute atomic E-state index is 11.8. The third-order valence-corrected chi connectivity index (χ3v) is 13.6. The van der Waals surface area contributed by atoms with E-state index in [2.05, 4.69) is 60.6 Å². The molecule has 6 aliphatic rings. The molecule has 1 heterocycles. The second-order valence-electron chi connectivity index (χ2n) is 15.5. The van der Waals surface area contributed by atoms with Gasteiger partial charge >= 0.3 is 0 Å². The topological polar surface area (TPSA) is 49.7 Å². The van der Waals surface area contributed by atoms with E-state index in [4.69, 9.17) is 4.74 Å². The first-order valence-corrected chi connectivity index (χ1v) is 13.9. The Hall–Kier alpha value is -0.380. The van der Waals surface area contributed by atoms with Gasteiger partial charge in [-0.2, -0.15) is 0 Å². The molecule has 3 nitrogen and oxygen atoms in total. The lowest BCUT2D eigenvalue weighted by Gasteiger charge is -2.73. The molecule has 0 aromatic rings. The molecule has 1 unspecified atom stereocenters. The first-order chi connectivity index (χ1) is 15.2. The monoisotopic (exact) mass is 456 g/mol. The van der Waals surface area contributed by atoms with Crippen molar-refractivity contribution < 1.29 is 14.9 Å². The van der Waals surface area contributed by atoms with Crippen LogP contribution in [0.25, 0.3) is 0 Å². The van der Waals surface area contributed by atoms with Gasteiger partial charge in [0, 0.05) is 16.7 Å². The molecule has 3 heteroatoms. The van der Waals surface area contributed by atoms with Crippen molar-refractivity contribution in [3.63, 3.8) is 0 Å². The van der Waals surface area contributed by atoms with Crippen LogP contribution in [-0.2, 0) is 4.74 Å². The van der Waals surface area contributed by atoms with Gasteiger partial charge in [0.1, 0.15) is 0 Å². The summed E-state index contributed by atoms with van der Waals surface area (Å²) in [6.45, 7) is 17.8.